The Balaban J connectivity index is 2.04. The van der Waals surface area contributed by atoms with Crippen molar-refractivity contribution < 1.29 is 4.74 Å². The van der Waals surface area contributed by atoms with Gasteiger partial charge in [0.05, 0.1) is 12.2 Å². The van der Waals surface area contributed by atoms with Crippen LogP contribution in [0.15, 0.2) is 0 Å². The van der Waals surface area contributed by atoms with Crippen molar-refractivity contribution in [3.05, 3.63) is 6.61 Å². The van der Waals surface area contributed by atoms with Crippen LogP contribution in [0.4, 0.5) is 0 Å². The molecule has 2 heteroatoms. The lowest BCUT2D eigenvalue weighted by Crippen LogP contribution is -2.29. The van der Waals surface area contributed by atoms with Crippen molar-refractivity contribution in [2.24, 2.45) is 0 Å². The average molecular weight is 126 g/mol. The molecule has 2 rings (SSSR count). The molecule has 0 aromatic heterocycles. The highest BCUT2D eigenvalue weighted by molar-refractivity contribution is 4.95. The van der Waals surface area contributed by atoms with Gasteiger partial charge in [0.15, 0.2) is 0 Å². The Morgan fingerprint density at radius 2 is 2.44 bits per heavy atom. The van der Waals surface area contributed by atoms with E-state index in [-0.39, 0.29) is 5.60 Å². The number of ether oxygens (including phenoxy) is 1. The van der Waals surface area contributed by atoms with Crippen LogP contribution in [0.25, 0.3) is 0 Å². The van der Waals surface area contributed by atoms with Crippen LogP contribution in [0.3, 0.4) is 0 Å². The first kappa shape index (κ1) is 5.69. The van der Waals surface area contributed by atoms with Gasteiger partial charge in [-0.15, -0.1) is 0 Å². The average Bonchev–Trinajstić information content (AvgIpc) is 2.45. The van der Waals surface area contributed by atoms with E-state index in [1.54, 1.807) is 0 Å². The van der Waals surface area contributed by atoms with Gasteiger partial charge in [-0.25, -0.2) is 0 Å². The molecule has 1 radical (unpaired) electrons. The van der Waals surface area contributed by atoms with Gasteiger partial charge in [-0.2, -0.15) is 0 Å². The third-order valence-electron chi connectivity index (χ3n) is 2.26. The van der Waals surface area contributed by atoms with Crippen LogP contribution in [0, 0.1) is 6.61 Å². The molecule has 2 aliphatic heterocycles. The Labute approximate surface area is 55.6 Å². The standard InChI is InChI=1S/C7H12NO/c1-2-7(9-5-1)3-4-8-6-7/h5,8H,1-4,6H2. The summed E-state index contributed by atoms with van der Waals surface area (Å²) in [4.78, 5) is 0. The predicted molar refractivity (Wildman–Crippen MR) is 34.8 cm³/mol. The van der Waals surface area contributed by atoms with Crippen LogP contribution in [0.1, 0.15) is 19.3 Å². The summed E-state index contributed by atoms with van der Waals surface area (Å²) < 4.78 is 5.51. The lowest BCUT2D eigenvalue weighted by atomic mass is 10.00. The molecule has 1 N–H and O–H groups in total. The maximum atomic E-state index is 5.51. The Morgan fingerprint density at radius 1 is 1.44 bits per heavy atom. The van der Waals surface area contributed by atoms with E-state index in [4.69, 9.17) is 4.74 Å². The first-order chi connectivity index (χ1) is 4.41. The molecule has 0 aromatic rings. The zero-order valence-corrected chi connectivity index (χ0v) is 5.52. The Morgan fingerprint density at radius 3 is 3.00 bits per heavy atom. The zero-order valence-electron chi connectivity index (χ0n) is 5.52. The van der Waals surface area contributed by atoms with Crippen LogP contribution in [-0.2, 0) is 4.74 Å². The lowest BCUT2D eigenvalue weighted by Gasteiger charge is -2.19. The third-order valence-corrected chi connectivity index (χ3v) is 2.26. The van der Waals surface area contributed by atoms with Crippen molar-refractivity contribution in [2.45, 2.75) is 24.9 Å². The van der Waals surface area contributed by atoms with Crippen LogP contribution in [0.5, 0.6) is 0 Å². The second kappa shape index (κ2) is 1.96. The minimum atomic E-state index is 0.222. The summed E-state index contributed by atoms with van der Waals surface area (Å²) in [5.74, 6) is 0. The topological polar surface area (TPSA) is 21.3 Å². The fourth-order valence-electron chi connectivity index (χ4n) is 1.65. The van der Waals surface area contributed by atoms with Crippen molar-refractivity contribution in [1.82, 2.24) is 5.32 Å². The molecular formula is C7H12NO. The van der Waals surface area contributed by atoms with E-state index in [1.807, 2.05) is 6.61 Å². The number of rotatable bonds is 0. The van der Waals surface area contributed by atoms with Gasteiger partial charge in [0, 0.05) is 6.54 Å². The van der Waals surface area contributed by atoms with Gasteiger partial charge in [0.2, 0.25) is 0 Å². The summed E-state index contributed by atoms with van der Waals surface area (Å²) in [7, 11) is 0. The largest absolute Gasteiger partial charge is 0.368 e. The van der Waals surface area contributed by atoms with Crippen molar-refractivity contribution in [2.75, 3.05) is 13.1 Å². The highest BCUT2D eigenvalue weighted by Crippen LogP contribution is 2.32. The minimum absolute atomic E-state index is 0.222. The smallest absolute Gasteiger partial charge is 0.0846 e. The molecule has 2 nitrogen and oxygen atoms in total. The Bertz CT molecular complexity index is 84.0. The molecule has 1 spiro atoms. The maximum Gasteiger partial charge on any atom is 0.0846 e. The molecule has 9 heavy (non-hydrogen) atoms. The summed E-state index contributed by atoms with van der Waals surface area (Å²) in [5.41, 5.74) is 0.222. The highest BCUT2D eigenvalue weighted by Gasteiger charge is 2.37. The molecular weight excluding hydrogens is 114 g/mol. The van der Waals surface area contributed by atoms with Crippen molar-refractivity contribution >= 4 is 0 Å². The third kappa shape index (κ3) is 0.864. The molecule has 0 amide bonds. The summed E-state index contributed by atoms with van der Waals surface area (Å²) in [6.07, 6.45) is 3.56. The quantitative estimate of drug-likeness (QED) is 0.515. The van der Waals surface area contributed by atoms with Gasteiger partial charge in [-0.05, 0) is 25.8 Å². The van der Waals surface area contributed by atoms with Gasteiger partial charge in [0.25, 0.3) is 0 Å². The van der Waals surface area contributed by atoms with Gasteiger partial charge in [-0.3, -0.25) is 0 Å². The van der Waals surface area contributed by atoms with Crippen LogP contribution in [-0.4, -0.2) is 18.7 Å². The normalized spacial score (nSPS) is 42.7. The summed E-state index contributed by atoms with van der Waals surface area (Å²) >= 11 is 0. The van der Waals surface area contributed by atoms with Crippen molar-refractivity contribution in [3.8, 4) is 0 Å². The second-order valence-electron chi connectivity index (χ2n) is 2.93. The van der Waals surface area contributed by atoms with Crippen LogP contribution < -0.4 is 5.32 Å². The SMILES string of the molecule is [CH]1CCC2(CCNC2)O1. The van der Waals surface area contributed by atoms with E-state index in [2.05, 4.69) is 5.32 Å². The molecule has 0 saturated carbocycles. The lowest BCUT2D eigenvalue weighted by molar-refractivity contribution is 0.0536. The zero-order chi connectivity index (χ0) is 6.16. The van der Waals surface area contributed by atoms with E-state index >= 15 is 0 Å². The number of hydrogen-bond donors (Lipinski definition) is 1. The Hall–Kier alpha value is -0.0800. The molecule has 0 aromatic carbocycles. The predicted octanol–water partition coefficient (Wildman–Crippen LogP) is 0.691. The van der Waals surface area contributed by atoms with E-state index in [9.17, 15) is 0 Å². The maximum absolute atomic E-state index is 5.51. The van der Waals surface area contributed by atoms with Gasteiger partial charge < -0.3 is 10.1 Å². The molecule has 1 atom stereocenters. The first-order valence-electron chi connectivity index (χ1n) is 3.62. The molecule has 2 aliphatic rings. The van der Waals surface area contributed by atoms with E-state index in [0.29, 0.717) is 0 Å². The molecule has 2 heterocycles. The summed E-state index contributed by atoms with van der Waals surface area (Å²) in [5, 5.41) is 3.31. The fraction of sp³-hybridized carbons (Fsp3) is 0.857. The fourth-order valence-corrected chi connectivity index (χ4v) is 1.65. The first-order valence-corrected chi connectivity index (χ1v) is 3.62. The molecule has 51 valence electrons. The van der Waals surface area contributed by atoms with Crippen molar-refractivity contribution in [1.29, 1.82) is 0 Å². The van der Waals surface area contributed by atoms with Gasteiger partial charge in [0.1, 0.15) is 0 Å². The summed E-state index contributed by atoms with van der Waals surface area (Å²) in [6.45, 7) is 4.14. The van der Waals surface area contributed by atoms with E-state index < -0.39 is 0 Å². The van der Waals surface area contributed by atoms with Gasteiger partial charge >= 0.3 is 0 Å². The van der Waals surface area contributed by atoms with Crippen molar-refractivity contribution in [3.63, 3.8) is 0 Å². The Kier molecular flexibility index (Phi) is 1.24. The molecule has 0 bridgehead atoms. The number of hydrogen-bond acceptors (Lipinski definition) is 2. The van der Waals surface area contributed by atoms with E-state index in [0.717, 1.165) is 19.5 Å². The minimum Gasteiger partial charge on any atom is -0.368 e. The van der Waals surface area contributed by atoms with Crippen LogP contribution in [0.2, 0.25) is 0 Å². The van der Waals surface area contributed by atoms with Gasteiger partial charge in [-0.1, -0.05) is 0 Å². The summed E-state index contributed by atoms with van der Waals surface area (Å²) in [6, 6.07) is 0. The molecule has 2 fully saturated rings. The van der Waals surface area contributed by atoms with E-state index in [1.165, 1.54) is 12.8 Å². The van der Waals surface area contributed by atoms with Crippen LogP contribution >= 0.6 is 0 Å². The molecule has 1 unspecified atom stereocenters. The number of nitrogens with one attached hydrogen (secondary N) is 1. The monoisotopic (exact) mass is 126 g/mol. The molecule has 2 saturated heterocycles. The highest BCUT2D eigenvalue weighted by atomic mass is 16.5. The second-order valence-corrected chi connectivity index (χ2v) is 2.93. The molecule has 0 aliphatic carbocycles.